The Kier molecular flexibility index (Phi) is 6.35. The molecule has 0 aliphatic rings. The summed E-state index contributed by atoms with van der Waals surface area (Å²) in [5.74, 6) is 1.18. The van der Waals surface area contributed by atoms with Crippen LogP contribution in [0.5, 0.6) is 0 Å². The summed E-state index contributed by atoms with van der Waals surface area (Å²) in [4.78, 5) is 13.1. The zero-order valence-electron chi connectivity index (χ0n) is 13.7. The number of carbonyl (C=O) groups is 1. The van der Waals surface area contributed by atoms with Gasteiger partial charge >= 0.3 is 0 Å². The van der Waals surface area contributed by atoms with E-state index in [0.29, 0.717) is 23.1 Å². The Morgan fingerprint density at radius 1 is 1.27 bits per heavy atom. The number of nitrogens with zero attached hydrogens (tertiary/aromatic N) is 4. The summed E-state index contributed by atoms with van der Waals surface area (Å²) in [7, 11) is 0. The van der Waals surface area contributed by atoms with E-state index in [9.17, 15) is 4.79 Å². The molecule has 2 aromatic heterocycles. The number of nitriles is 1. The number of hydrogen-bond acceptors (Lipinski definition) is 7. The quantitative estimate of drug-likeness (QED) is 0.594. The first-order chi connectivity index (χ1) is 12.8. The smallest absolute Gasteiger partial charge is 0.234 e. The number of anilines is 1. The van der Waals surface area contributed by atoms with Crippen LogP contribution in [0.15, 0.2) is 63.5 Å². The largest absolute Gasteiger partial charge is 0.467 e. The third-order valence-corrected chi connectivity index (χ3v) is 5.19. The minimum absolute atomic E-state index is 0.146. The van der Waals surface area contributed by atoms with E-state index >= 15 is 0 Å². The van der Waals surface area contributed by atoms with Gasteiger partial charge in [-0.2, -0.15) is 5.26 Å². The summed E-state index contributed by atoms with van der Waals surface area (Å²) >= 11 is 2.69. The van der Waals surface area contributed by atoms with Gasteiger partial charge in [-0.1, -0.05) is 23.9 Å². The second-order valence-electron chi connectivity index (χ2n) is 5.10. The Balaban J connectivity index is 1.57. The van der Waals surface area contributed by atoms with Crippen LogP contribution in [0.3, 0.4) is 0 Å². The van der Waals surface area contributed by atoms with Crippen LogP contribution in [-0.2, 0) is 11.3 Å². The molecule has 1 N–H and O–H groups in total. The van der Waals surface area contributed by atoms with E-state index in [0.717, 1.165) is 10.7 Å². The van der Waals surface area contributed by atoms with Gasteiger partial charge in [-0.05, 0) is 24.3 Å². The molecule has 1 amide bonds. The molecule has 0 saturated heterocycles. The second-order valence-corrected chi connectivity index (χ2v) is 7.06. The molecule has 0 aliphatic carbocycles. The molecule has 0 bridgehead atoms. The van der Waals surface area contributed by atoms with Crippen LogP contribution >= 0.6 is 23.5 Å². The molecule has 3 rings (SSSR count). The molecular weight excluding hydrogens is 370 g/mol. The third kappa shape index (κ3) is 4.91. The van der Waals surface area contributed by atoms with Crippen molar-refractivity contribution in [1.29, 1.82) is 5.26 Å². The Hall–Kier alpha value is -2.70. The average Bonchev–Trinajstić information content (AvgIpc) is 3.32. The lowest BCUT2D eigenvalue weighted by atomic mass is 10.3. The summed E-state index contributed by atoms with van der Waals surface area (Å²) in [5, 5.41) is 20.2. The first-order valence-corrected chi connectivity index (χ1v) is 9.65. The van der Waals surface area contributed by atoms with Gasteiger partial charge < -0.3 is 14.3 Å². The van der Waals surface area contributed by atoms with Gasteiger partial charge in [0.1, 0.15) is 12.1 Å². The van der Waals surface area contributed by atoms with Crippen LogP contribution in [0, 0.1) is 11.3 Å². The van der Waals surface area contributed by atoms with E-state index in [1.165, 1.54) is 23.5 Å². The van der Waals surface area contributed by atoms with Crippen molar-refractivity contribution in [2.24, 2.45) is 0 Å². The van der Waals surface area contributed by atoms with Gasteiger partial charge in [-0.25, -0.2) is 0 Å². The van der Waals surface area contributed by atoms with Gasteiger partial charge in [-0.15, -0.1) is 22.0 Å². The molecule has 0 saturated carbocycles. The van der Waals surface area contributed by atoms with Crippen molar-refractivity contribution >= 4 is 35.1 Å². The van der Waals surface area contributed by atoms with Gasteiger partial charge in [0, 0.05) is 4.90 Å². The maximum atomic E-state index is 12.3. The lowest BCUT2D eigenvalue weighted by Gasteiger charge is -2.09. The second kappa shape index (κ2) is 9.12. The van der Waals surface area contributed by atoms with Crippen LogP contribution in [-0.4, -0.2) is 32.2 Å². The monoisotopic (exact) mass is 385 g/mol. The fourth-order valence-corrected chi connectivity index (χ4v) is 3.54. The minimum atomic E-state index is -0.146. The highest BCUT2D eigenvalue weighted by Gasteiger charge is 2.12. The van der Waals surface area contributed by atoms with Crippen molar-refractivity contribution in [1.82, 2.24) is 14.8 Å². The summed E-state index contributed by atoms with van der Waals surface area (Å²) in [5.41, 5.74) is 0.704. The molecule has 132 valence electrons. The standard InChI is InChI=1S/C17H15N5O2S2/c18-7-9-25-15-6-2-1-5-14(15)20-16(23)11-26-17-21-19-12-22(17)10-13-4-3-8-24-13/h1-6,8,12H,9-11H2,(H,20,23). The fraction of sp³-hybridized carbons (Fsp3) is 0.176. The molecule has 0 atom stereocenters. The van der Waals surface area contributed by atoms with Crippen LogP contribution < -0.4 is 5.32 Å². The van der Waals surface area contributed by atoms with Crippen LogP contribution in [0.2, 0.25) is 0 Å². The number of hydrogen-bond donors (Lipinski definition) is 1. The van der Waals surface area contributed by atoms with Crippen LogP contribution in [0.4, 0.5) is 5.69 Å². The number of carbonyl (C=O) groups excluding carboxylic acids is 1. The average molecular weight is 385 g/mol. The van der Waals surface area contributed by atoms with Gasteiger partial charge in [0.25, 0.3) is 0 Å². The predicted molar refractivity (Wildman–Crippen MR) is 100.0 cm³/mol. The number of amides is 1. The van der Waals surface area contributed by atoms with Gasteiger partial charge in [0.05, 0.1) is 36.1 Å². The SMILES string of the molecule is N#CCSc1ccccc1NC(=O)CSc1nncn1Cc1ccco1. The maximum absolute atomic E-state index is 12.3. The van der Waals surface area contributed by atoms with Crippen molar-refractivity contribution < 1.29 is 9.21 Å². The van der Waals surface area contributed by atoms with Crippen LogP contribution in [0.1, 0.15) is 5.76 Å². The number of thioether (sulfide) groups is 2. The van der Waals surface area contributed by atoms with E-state index in [1.807, 2.05) is 41.0 Å². The normalized spacial score (nSPS) is 10.4. The molecule has 26 heavy (non-hydrogen) atoms. The number of aromatic nitrogens is 3. The van der Waals surface area contributed by atoms with Crippen molar-refractivity contribution in [2.75, 3.05) is 16.8 Å². The zero-order valence-corrected chi connectivity index (χ0v) is 15.3. The minimum Gasteiger partial charge on any atom is -0.467 e. The lowest BCUT2D eigenvalue weighted by molar-refractivity contribution is -0.113. The molecular formula is C17H15N5O2S2. The Labute approximate surface area is 158 Å². The molecule has 9 heteroatoms. The number of nitrogens with one attached hydrogen (secondary N) is 1. The maximum Gasteiger partial charge on any atom is 0.234 e. The predicted octanol–water partition coefficient (Wildman–Crippen LogP) is 3.27. The zero-order chi connectivity index (χ0) is 18.2. The molecule has 3 aromatic rings. The fourth-order valence-electron chi connectivity index (χ4n) is 2.16. The number of para-hydroxylation sites is 1. The summed E-state index contributed by atoms with van der Waals surface area (Å²) in [6, 6.07) is 13.2. The Morgan fingerprint density at radius 2 is 2.15 bits per heavy atom. The molecule has 0 unspecified atom stereocenters. The topological polar surface area (TPSA) is 96.7 Å². The summed E-state index contributed by atoms with van der Waals surface area (Å²) in [6.45, 7) is 0.511. The molecule has 2 heterocycles. The van der Waals surface area contributed by atoms with Crippen molar-refractivity contribution in [3.63, 3.8) is 0 Å². The molecule has 1 aromatic carbocycles. The highest BCUT2D eigenvalue weighted by Crippen LogP contribution is 2.27. The summed E-state index contributed by atoms with van der Waals surface area (Å²) < 4.78 is 7.15. The highest BCUT2D eigenvalue weighted by atomic mass is 32.2. The van der Waals surface area contributed by atoms with E-state index in [4.69, 9.17) is 9.68 Å². The van der Waals surface area contributed by atoms with E-state index in [-0.39, 0.29) is 11.7 Å². The Morgan fingerprint density at radius 3 is 2.96 bits per heavy atom. The molecule has 0 aliphatic heterocycles. The molecule has 7 nitrogen and oxygen atoms in total. The number of rotatable bonds is 8. The van der Waals surface area contributed by atoms with Gasteiger partial charge in [-0.3, -0.25) is 4.79 Å². The lowest BCUT2D eigenvalue weighted by Crippen LogP contribution is -2.15. The van der Waals surface area contributed by atoms with Crippen molar-refractivity contribution in [3.8, 4) is 6.07 Å². The van der Waals surface area contributed by atoms with Crippen molar-refractivity contribution in [2.45, 2.75) is 16.6 Å². The van der Waals surface area contributed by atoms with E-state index < -0.39 is 0 Å². The number of benzene rings is 1. The highest BCUT2D eigenvalue weighted by molar-refractivity contribution is 8.00. The van der Waals surface area contributed by atoms with Gasteiger partial charge in [0.15, 0.2) is 5.16 Å². The first-order valence-electron chi connectivity index (χ1n) is 7.68. The Bertz CT molecular complexity index is 902. The third-order valence-electron chi connectivity index (χ3n) is 3.27. The molecule has 0 spiro atoms. The first kappa shape index (κ1) is 18.1. The van der Waals surface area contributed by atoms with E-state index in [2.05, 4.69) is 21.6 Å². The van der Waals surface area contributed by atoms with Crippen molar-refractivity contribution in [3.05, 3.63) is 54.7 Å². The van der Waals surface area contributed by atoms with E-state index in [1.54, 1.807) is 12.6 Å². The number of furan rings is 1. The molecule has 0 radical (unpaired) electrons. The summed E-state index contributed by atoms with van der Waals surface area (Å²) in [6.07, 6.45) is 3.22. The molecule has 0 fully saturated rings. The van der Waals surface area contributed by atoms with Crippen LogP contribution in [0.25, 0.3) is 0 Å². The van der Waals surface area contributed by atoms with Gasteiger partial charge in [0.2, 0.25) is 5.91 Å².